The third-order valence-electron chi connectivity index (χ3n) is 2.48. The van der Waals surface area contributed by atoms with Crippen LogP contribution in [0.15, 0.2) is 42.5 Å². The maximum Gasteiger partial charge on any atom is 0.323 e. The molecular weight excluding hydrogens is 261 g/mol. The van der Waals surface area contributed by atoms with Crippen LogP contribution in [0, 0.1) is 17.1 Å². The fourth-order valence-electron chi connectivity index (χ4n) is 1.55. The first-order chi connectivity index (χ1) is 9.58. The fourth-order valence-corrected chi connectivity index (χ4v) is 1.55. The van der Waals surface area contributed by atoms with E-state index < -0.39 is 11.8 Å². The van der Waals surface area contributed by atoms with Crippen molar-refractivity contribution in [2.24, 2.45) is 0 Å². The summed E-state index contributed by atoms with van der Waals surface area (Å²) in [5.41, 5.74) is 0.719. The van der Waals surface area contributed by atoms with Crippen molar-refractivity contribution in [2.75, 3.05) is 10.6 Å². The first-order valence-electron chi connectivity index (χ1n) is 5.65. The number of phenols is 1. The van der Waals surface area contributed by atoms with Crippen LogP contribution >= 0.6 is 0 Å². The van der Waals surface area contributed by atoms with Crippen LogP contribution in [0.5, 0.6) is 5.75 Å². The van der Waals surface area contributed by atoms with Gasteiger partial charge in [-0.1, -0.05) is 0 Å². The lowest BCUT2D eigenvalue weighted by Crippen LogP contribution is -2.20. The summed E-state index contributed by atoms with van der Waals surface area (Å²) in [4.78, 5) is 11.7. The van der Waals surface area contributed by atoms with Crippen LogP contribution < -0.4 is 10.6 Å². The molecule has 0 saturated carbocycles. The Morgan fingerprint density at radius 1 is 1.15 bits per heavy atom. The van der Waals surface area contributed by atoms with Gasteiger partial charge in [0.15, 0.2) is 0 Å². The van der Waals surface area contributed by atoms with Gasteiger partial charge in [-0.2, -0.15) is 5.26 Å². The molecule has 2 aromatic rings. The number of halogens is 1. The Balaban J connectivity index is 2.09. The molecule has 0 aliphatic heterocycles. The normalized spacial score (nSPS) is 9.60. The molecule has 3 N–H and O–H groups in total. The number of urea groups is 1. The third-order valence-corrected chi connectivity index (χ3v) is 2.48. The molecule has 0 bridgehead atoms. The van der Waals surface area contributed by atoms with E-state index in [1.807, 2.05) is 0 Å². The fraction of sp³-hybridized carbons (Fsp3) is 0. The van der Waals surface area contributed by atoms with Gasteiger partial charge in [0.2, 0.25) is 0 Å². The van der Waals surface area contributed by atoms with Gasteiger partial charge in [-0.3, -0.25) is 0 Å². The van der Waals surface area contributed by atoms with E-state index in [4.69, 9.17) is 10.4 Å². The molecule has 0 unspecified atom stereocenters. The van der Waals surface area contributed by atoms with Crippen molar-refractivity contribution in [3.63, 3.8) is 0 Å². The molecule has 0 spiro atoms. The number of anilines is 2. The van der Waals surface area contributed by atoms with Gasteiger partial charge in [-0.05, 0) is 42.5 Å². The Morgan fingerprint density at radius 3 is 2.50 bits per heavy atom. The molecule has 0 aromatic heterocycles. The third kappa shape index (κ3) is 3.23. The number of aromatic hydroxyl groups is 1. The Hall–Kier alpha value is -3.07. The maximum atomic E-state index is 13.0. The highest BCUT2D eigenvalue weighted by molar-refractivity contribution is 6.00. The van der Waals surface area contributed by atoms with E-state index in [0.29, 0.717) is 5.69 Å². The maximum absolute atomic E-state index is 13.0. The van der Waals surface area contributed by atoms with Gasteiger partial charge in [0.05, 0.1) is 11.3 Å². The van der Waals surface area contributed by atoms with Crippen LogP contribution in [0.3, 0.4) is 0 Å². The quantitative estimate of drug-likeness (QED) is 0.734. The van der Waals surface area contributed by atoms with Gasteiger partial charge in [0.25, 0.3) is 0 Å². The zero-order valence-electron chi connectivity index (χ0n) is 10.2. The number of rotatable bonds is 2. The van der Waals surface area contributed by atoms with Gasteiger partial charge < -0.3 is 15.7 Å². The van der Waals surface area contributed by atoms with Crippen molar-refractivity contribution < 1.29 is 14.3 Å². The standard InChI is InChI=1S/C14H10FN3O2/c15-10-1-6-13(9(7-10)8-16)18-14(20)17-11-2-4-12(19)5-3-11/h1-7,19H,(H2,17,18,20). The number of nitriles is 1. The summed E-state index contributed by atoms with van der Waals surface area (Å²) in [5, 5.41) is 22.9. The molecule has 6 heteroatoms. The molecule has 20 heavy (non-hydrogen) atoms. The Kier molecular flexibility index (Phi) is 3.82. The van der Waals surface area contributed by atoms with Crippen molar-refractivity contribution in [3.05, 3.63) is 53.8 Å². The highest BCUT2D eigenvalue weighted by atomic mass is 19.1. The largest absolute Gasteiger partial charge is 0.508 e. The van der Waals surface area contributed by atoms with Crippen LogP contribution in [-0.2, 0) is 0 Å². The van der Waals surface area contributed by atoms with Crippen molar-refractivity contribution >= 4 is 17.4 Å². The number of hydrogen-bond acceptors (Lipinski definition) is 3. The van der Waals surface area contributed by atoms with E-state index in [0.717, 1.165) is 12.1 Å². The minimum atomic E-state index is -0.571. The number of carbonyl (C=O) groups is 1. The lowest BCUT2D eigenvalue weighted by Gasteiger charge is -2.09. The zero-order valence-corrected chi connectivity index (χ0v) is 10.2. The number of nitrogens with one attached hydrogen (secondary N) is 2. The van der Waals surface area contributed by atoms with Gasteiger partial charge in [-0.25, -0.2) is 9.18 Å². The summed E-state index contributed by atoms with van der Waals surface area (Å²) in [6.07, 6.45) is 0. The van der Waals surface area contributed by atoms with Gasteiger partial charge in [0, 0.05) is 5.69 Å². The van der Waals surface area contributed by atoms with Crippen molar-refractivity contribution in [1.29, 1.82) is 5.26 Å². The summed E-state index contributed by atoms with van der Waals surface area (Å²) in [5.74, 6) is -0.465. The first-order valence-corrected chi connectivity index (χ1v) is 5.65. The molecule has 0 heterocycles. The lowest BCUT2D eigenvalue weighted by atomic mass is 10.2. The number of hydrogen-bond donors (Lipinski definition) is 3. The monoisotopic (exact) mass is 271 g/mol. The number of amides is 2. The van der Waals surface area contributed by atoms with Crippen LogP contribution in [-0.4, -0.2) is 11.1 Å². The number of phenolic OH excluding ortho intramolecular Hbond substituents is 1. The average molecular weight is 271 g/mol. The molecule has 0 atom stereocenters. The van der Waals surface area contributed by atoms with E-state index in [9.17, 15) is 9.18 Å². The topological polar surface area (TPSA) is 85.2 Å². The Morgan fingerprint density at radius 2 is 1.85 bits per heavy atom. The van der Waals surface area contributed by atoms with Crippen molar-refractivity contribution in [2.45, 2.75) is 0 Å². The Labute approximate surface area is 114 Å². The minimum absolute atomic E-state index is 0.0332. The smallest absolute Gasteiger partial charge is 0.323 e. The summed E-state index contributed by atoms with van der Waals surface area (Å²) in [6, 6.07) is 10.6. The van der Waals surface area contributed by atoms with E-state index >= 15 is 0 Å². The van der Waals surface area contributed by atoms with Crippen LogP contribution in [0.25, 0.3) is 0 Å². The molecule has 2 rings (SSSR count). The number of nitrogens with zero attached hydrogens (tertiary/aromatic N) is 1. The minimum Gasteiger partial charge on any atom is -0.508 e. The molecule has 0 aliphatic rings. The summed E-state index contributed by atoms with van der Waals surface area (Å²) < 4.78 is 13.0. The predicted molar refractivity (Wildman–Crippen MR) is 71.9 cm³/mol. The SMILES string of the molecule is N#Cc1cc(F)ccc1NC(=O)Nc1ccc(O)cc1. The van der Waals surface area contributed by atoms with Gasteiger partial charge >= 0.3 is 6.03 Å². The number of benzene rings is 2. The highest BCUT2D eigenvalue weighted by Gasteiger charge is 2.08. The van der Waals surface area contributed by atoms with Gasteiger partial charge in [-0.15, -0.1) is 0 Å². The van der Waals surface area contributed by atoms with E-state index in [1.165, 1.54) is 30.3 Å². The molecule has 0 saturated heterocycles. The summed E-state index contributed by atoms with van der Waals surface area (Å²) in [7, 11) is 0. The second kappa shape index (κ2) is 5.71. The predicted octanol–water partition coefficient (Wildman–Crippen LogP) is 3.05. The van der Waals surface area contributed by atoms with Crippen LogP contribution in [0.1, 0.15) is 5.56 Å². The van der Waals surface area contributed by atoms with Crippen LogP contribution in [0.4, 0.5) is 20.6 Å². The zero-order chi connectivity index (χ0) is 14.5. The first kappa shape index (κ1) is 13.4. The van der Waals surface area contributed by atoms with E-state index in [-0.39, 0.29) is 17.0 Å². The highest BCUT2D eigenvalue weighted by Crippen LogP contribution is 2.17. The molecule has 0 aliphatic carbocycles. The molecule has 0 fully saturated rings. The van der Waals surface area contributed by atoms with Crippen molar-refractivity contribution in [1.82, 2.24) is 0 Å². The molecule has 2 amide bonds. The average Bonchev–Trinajstić information content (AvgIpc) is 2.43. The summed E-state index contributed by atoms with van der Waals surface area (Å²) >= 11 is 0. The van der Waals surface area contributed by atoms with E-state index in [2.05, 4.69) is 10.6 Å². The molecule has 2 aromatic carbocycles. The van der Waals surface area contributed by atoms with E-state index in [1.54, 1.807) is 6.07 Å². The van der Waals surface area contributed by atoms with Crippen LogP contribution in [0.2, 0.25) is 0 Å². The Bertz CT molecular complexity index is 678. The second-order valence-corrected chi connectivity index (χ2v) is 3.93. The lowest BCUT2D eigenvalue weighted by molar-refractivity contribution is 0.262. The molecular formula is C14H10FN3O2. The molecule has 0 radical (unpaired) electrons. The number of carbonyl (C=O) groups excluding carboxylic acids is 1. The second-order valence-electron chi connectivity index (χ2n) is 3.93. The molecule has 5 nitrogen and oxygen atoms in total. The molecule has 100 valence electrons. The summed E-state index contributed by atoms with van der Waals surface area (Å²) in [6.45, 7) is 0. The van der Waals surface area contributed by atoms with Gasteiger partial charge in [0.1, 0.15) is 17.6 Å². The van der Waals surface area contributed by atoms with Crippen molar-refractivity contribution in [3.8, 4) is 11.8 Å².